The van der Waals surface area contributed by atoms with E-state index in [1.54, 1.807) is 0 Å². The van der Waals surface area contributed by atoms with Gasteiger partial charge in [0.05, 0.1) is 5.92 Å². The molecule has 0 spiro atoms. The highest BCUT2D eigenvalue weighted by Gasteiger charge is 2.38. The van der Waals surface area contributed by atoms with Crippen LogP contribution >= 0.6 is 0 Å². The van der Waals surface area contributed by atoms with Crippen LogP contribution in [0.2, 0.25) is 0 Å². The van der Waals surface area contributed by atoms with Crippen LogP contribution in [-0.2, 0) is 14.3 Å². The number of amides is 2. The topological polar surface area (TPSA) is 58.6 Å². The minimum Gasteiger partial charge on any atom is -0.381 e. The van der Waals surface area contributed by atoms with Crippen molar-refractivity contribution < 1.29 is 14.3 Å². The van der Waals surface area contributed by atoms with Crippen molar-refractivity contribution in [3.8, 4) is 0 Å². The van der Waals surface area contributed by atoms with Crippen molar-refractivity contribution in [1.82, 2.24) is 10.2 Å². The van der Waals surface area contributed by atoms with Crippen molar-refractivity contribution >= 4 is 11.8 Å². The van der Waals surface area contributed by atoms with Crippen LogP contribution in [0, 0.1) is 5.92 Å². The summed E-state index contributed by atoms with van der Waals surface area (Å²) in [5.74, 6) is 0.0846. The van der Waals surface area contributed by atoms with Gasteiger partial charge in [-0.25, -0.2) is 0 Å². The molecule has 2 amide bonds. The summed E-state index contributed by atoms with van der Waals surface area (Å²) in [6.07, 6.45) is 9.37. The molecule has 124 valence electrons. The van der Waals surface area contributed by atoms with E-state index in [-0.39, 0.29) is 23.8 Å². The summed E-state index contributed by atoms with van der Waals surface area (Å²) in [4.78, 5) is 26.7. The van der Waals surface area contributed by atoms with Gasteiger partial charge >= 0.3 is 0 Å². The minimum absolute atomic E-state index is 0.0924. The molecular formula is C17H28N2O3. The number of carbonyl (C=O) groups is 2. The van der Waals surface area contributed by atoms with E-state index in [1.165, 1.54) is 25.7 Å². The van der Waals surface area contributed by atoms with Crippen molar-refractivity contribution in [2.75, 3.05) is 19.8 Å². The third kappa shape index (κ3) is 3.80. The average molecular weight is 308 g/mol. The lowest BCUT2D eigenvalue weighted by molar-refractivity contribution is -0.131. The van der Waals surface area contributed by atoms with Gasteiger partial charge in [0.2, 0.25) is 11.8 Å². The summed E-state index contributed by atoms with van der Waals surface area (Å²) in [6, 6.07) is 0.596. The van der Waals surface area contributed by atoms with E-state index in [1.807, 2.05) is 4.90 Å². The van der Waals surface area contributed by atoms with E-state index < -0.39 is 0 Å². The molecule has 1 saturated carbocycles. The summed E-state index contributed by atoms with van der Waals surface area (Å²) >= 11 is 0. The van der Waals surface area contributed by atoms with E-state index in [0.29, 0.717) is 19.0 Å². The lowest BCUT2D eigenvalue weighted by Gasteiger charge is -2.31. The number of nitrogens with one attached hydrogen (secondary N) is 1. The van der Waals surface area contributed by atoms with E-state index in [2.05, 4.69) is 5.32 Å². The second-order valence-electron chi connectivity index (χ2n) is 6.99. The molecule has 22 heavy (non-hydrogen) atoms. The zero-order chi connectivity index (χ0) is 15.4. The molecule has 5 heteroatoms. The normalized spacial score (nSPS) is 28.6. The fourth-order valence-electron chi connectivity index (χ4n) is 4.00. The predicted molar refractivity (Wildman–Crippen MR) is 83.3 cm³/mol. The van der Waals surface area contributed by atoms with E-state index in [0.717, 1.165) is 38.9 Å². The van der Waals surface area contributed by atoms with Crippen LogP contribution < -0.4 is 5.32 Å². The second kappa shape index (κ2) is 7.44. The predicted octanol–water partition coefficient (Wildman–Crippen LogP) is 1.85. The number of rotatable bonds is 3. The van der Waals surface area contributed by atoms with Gasteiger partial charge in [-0.2, -0.15) is 0 Å². The maximum atomic E-state index is 12.5. The van der Waals surface area contributed by atoms with Gasteiger partial charge in [0.25, 0.3) is 0 Å². The van der Waals surface area contributed by atoms with Crippen LogP contribution in [0.3, 0.4) is 0 Å². The quantitative estimate of drug-likeness (QED) is 0.810. The molecule has 0 aromatic heterocycles. The molecular weight excluding hydrogens is 280 g/mol. The van der Waals surface area contributed by atoms with Crippen molar-refractivity contribution in [3.63, 3.8) is 0 Å². The lowest BCUT2D eigenvalue weighted by atomic mass is 10.0. The van der Waals surface area contributed by atoms with E-state index in [4.69, 9.17) is 4.74 Å². The van der Waals surface area contributed by atoms with E-state index in [9.17, 15) is 9.59 Å². The largest absolute Gasteiger partial charge is 0.381 e. The molecule has 1 aliphatic carbocycles. The average Bonchev–Trinajstić information content (AvgIpc) is 2.75. The first-order chi connectivity index (χ1) is 10.7. The number of ether oxygens (including phenoxy) is 1. The third-order valence-corrected chi connectivity index (χ3v) is 5.36. The van der Waals surface area contributed by atoms with Gasteiger partial charge in [-0.3, -0.25) is 9.59 Å². The zero-order valence-corrected chi connectivity index (χ0v) is 13.4. The Morgan fingerprint density at radius 1 is 1.05 bits per heavy atom. The molecule has 1 N–H and O–H groups in total. The van der Waals surface area contributed by atoms with Crippen LogP contribution in [0.4, 0.5) is 0 Å². The molecule has 1 atom stereocenters. The Bertz CT molecular complexity index is 399. The number of nitrogens with zero attached hydrogens (tertiary/aromatic N) is 1. The summed E-state index contributed by atoms with van der Waals surface area (Å²) in [5, 5.41) is 3.20. The molecule has 2 saturated heterocycles. The molecule has 0 aromatic rings. The first-order valence-corrected chi connectivity index (χ1v) is 8.91. The van der Waals surface area contributed by atoms with Gasteiger partial charge in [0.1, 0.15) is 0 Å². The van der Waals surface area contributed by atoms with Crippen molar-refractivity contribution in [1.29, 1.82) is 0 Å². The molecule has 0 bridgehead atoms. The van der Waals surface area contributed by atoms with Crippen molar-refractivity contribution in [3.05, 3.63) is 0 Å². The molecule has 1 unspecified atom stereocenters. The molecule has 3 fully saturated rings. The first-order valence-electron chi connectivity index (χ1n) is 8.91. The monoisotopic (exact) mass is 308 g/mol. The van der Waals surface area contributed by atoms with Crippen molar-refractivity contribution in [2.24, 2.45) is 5.92 Å². The fraction of sp³-hybridized carbons (Fsp3) is 0.882. The Balaban J connectivity index is 1.51. The highest BCUT2D eigenvalue weighted by atomic mass is 16.5. The van der Waals surface area contributed by atoms with Gasteiger partial charge in [0.15, 0.2) is 0 Å². The number of hydrogen-bond acceptors (Lipinski definition) is 3. The molecule has 5 nitrogen and oxygen atoms in total. The highest BCUT2D eigenvalue weighted by Crippen LogP contribution is 2.26. The highest BCUT2D eigenvalue weighted by molar-refractivity contribution is 5.89. The van der Waals surface area contributed by atoms with Gasteiger partial charge in [-0.1, -0.05) is 25.7 Å². The van der Waals surface area contributed by atoms with Crippen LogP contribution in [-0.4, -0.2) is 48.6 Å². The first kappa shape index (κ1) is 15.8. The van der Waals surface area contributed by atoms with Crippen LogP contribution in [0.1, 0.15) is 57.8 Å². The SMILES string of the molecule is O=C(NC1CCCCCC1)C1CC(=O)N(C2CCOCC2)C1. The molecule has 3 rings (SSSR count). The van der Waals surface area contributed by atoms with Gasteiger partial charge < -0.3 is 15.0 Å². The Morgan fingerprint density at radius 2 is 1.73 bits per heavy atom. The van der Waals surface area contributed by atoms with Crippen molar-refractivity contribution in [2.45, 2.75) is 69.9 Å². The second-order valence-corrected chi connectivity index (χ2v) is 6.99. The Labute approximate surface area is 132 Å². The number of carbonyl (C=O) groups excluding carboxylic acids is 2. The maximum Gasteiger partial charge on any atom is 0.225 e. The Morgan fingerprint density at radius 3 is 2.41 bits per heavy atom. The van der Waals surface area contributed by atoms with Gasteiger partial charge in [0, 0.05) is 38.3 Å². The molecule has 2 aliphatic heterocycles. The molecule has 0 radical (unpaired) electrons. The molecule has 2 heterocycles. The third-order valence-electron chi connectivity index (χ3n) is 5.36. The Hall–Kier alpha value is -1.10. The molecule has 0 aromatic carbocycles. The smallest absolute Gasteiger partial charge is 0.225 e. The summed E-state index contributed by atoms with van der Waals surface area (Å²) in [5.41, 5.74) is 0. The van der Waals surface area contributed by atoms with Crippen LogP contribution in [0.25, 0.3) is 0 Å². The Kier molecular flexibility index (Phi) is 5.34. The standard InChI is InChI=1S/C17H28N2O3/c20-16-11-13(12-19(16)15-7-9-22-10-8-15)17(21)18-14-5-3-1-2-4-6-14/h13-15H,1-12H2,(H,18,21). The van der Waals surface area contributed by atoms with Crippen LogP contribution in [0.5, 0.6) is 0 Å². The zero-order valence-electron chi connectivity index (χ0n) is 13.4. The summed E-state index contributed by atoms with van der Waals surface area (Å²) in [7, 11) is 0. The fourth-order valence-corrected chi connectivity index (χ4v) is 4.00. The number of likely N-dealkylation sites (tertiary alicyclic amines) is 1. The van der Waals surface area contributed by atoms with Crippen LogP contribution in [0.15, 0.2) is 0 Å². The maximum absolute atomic E-state index is 12.5. The van der Waals surface area contributed by atoms with E-state index >= 15 is 0 Å². The minimum atomic E-state index is -0.154. The summed E-state index contributed by atoms with van der Waals surface area (Å²) < 4.78 is 5.36. The lowest BCUT2D eigenvalue weighted by Crippen LogP contribution is -2.42. The summed E-state index contributed by atoms with van der Waals surface area (Å²) in [6.45, 7) is 2.06. The van der Waals surface area contributed by atoms with Gasteiger partial charge in [-0.05, 0) is 25.7 Å². The van der Waals surface area contributed by atoms with Gasteiger partial charge in [-0.15, -0.1) is 0 Å². The number of hydrogen-bond donors (Lipinski definition) is 1. The molecule has 3 aliphatic rings.